The fourth-order valence-electron chi connectivity index (χ4n) is 1.58. The lowest BCUT2D eigenvalue weighted by atomic mass is 10.0. The second-order valence-corrected chi connectivity index (χ2v) is 3.77. The van der Waals surface area contributed by atoms with Gasteiger partial charge in [0.15, 0.2) is 5.78 Å². The summed E-state index contributed by atoms with van der Waals surface area (Å²) in [6, 6.07) is 3.54. The third-order valence-electron chi connectivity index (χ3n) is 2.51. The standard InChI is InChI=1S/C11H13NO2/c1-7(13)11(14)9-3-2-6-12-10(9)8-4-5-8/h2-3,6,8,11,14H,4-5H2,1H3. The van der Waals surface area contributed by atoms with Crippen LogP contribution in [-0.2, 0) is 4.79 Å². The Labute approximate surface area is 82.8 Å². The molecule has 1 aliphatic rings. The number of aliphatic hydroxyl groups excluding tert-OH is 1. The molecule has 1 heterocycles. The Kier molecular flexibility index (Phi) is 2.33. The number of aliphatic hydroxyl groups is 1. The van der Waals surface area contributed by atoms with Gasteiger partial charge in [-0.15, -0.1) is 0 Å². The molecule has 1 saturated carbocycles. The van der Waals surface area contributed by atoms with E-state index in [0.29, 0.717) is 11.5 Å². The first-order valence-electron chi connectivity index (χ1n) is 4.83. The topological polar surface area (TPSA) is 50.2 Å². The van der Waals surface area contributed by atoms with Crippen LogP contribution in [0.5, 0.6) is 0 Å². The average molecular weight is 191 g/mol. The van der Waals surface area contributed by atoms with Gasteiger partial charge in [0.1, 0.15) is 6.10 Å². The second-order valence-electron chi connectivity index (χ2n) is 3.77. The molecule has 1 N–H and O–H groups in total. The minimum absolute atomic E-state index is 0.222. The molecule has 0 bridgehead atoms. The van der Waals surface area contributed by atoms with E-state index >= 15 is 0 Å². The maximum absolute atomic E-state index is 11.1. The molecule has 1 unspecified atom stereocenters. The van der Waals surface area contributed by atoms with Gasteiger partial charge in [0.2, 0.25) is 0 Å². The van der Waals surface area contributed by atoms with Crippen LogP contribution in [-0.4, -0.2) is 15.9 Å². The molecule has 1 aromatic heterocycles. The number of hydrogen-bond acceptors (Lipinski definition) is 3. The number of aromatic nitrogens is 1. The fraction of sp³-hybridized carbons (Fsp3) is 0.455. The maximum atomic E-state index is 11.1. The van der Waals surface area contributed by atoms with E-state index in [2.05, 4.69) is 4.98 Å². The van der Waals surface area contributed by atoms with Crippen LogP contribution >= 0.6 is 0 Å². The van der Waals surface area contributed by atoms with Crippen molar-refractivity contribution in [3.05, 3.63) is 29.6 Å². The van der Waals surface area contributed by atoms with E-state index in [1.807, 2.05) is 0 Å². The zero-order valence-electron chi connectivity index (χ0n) is 8.10. The van der Waals surface area contributed by atoms with Crippen LogP contribution in [0.15, 0.2) is 18.3 Å². The molecule has 3 heteroatoms. The normalized spacial score (nSPS) is 17.9. The van der Waals surface area contributed by atoms with Crippen molar-refractivity contribution in [1.82, 2.24) is 4.98 Å². The molecule has 3 nitrogen and oxygen atoms in total. The molecule has 1 aliphatic carbocycles. The Balaban J connectivity index is 2.35. The van der Waals surface area contributed by atoms with Gasteiger partial charge in [-0.2, -0.15) is 0 Å². The van der Waals surface area contributed by atoms with Crippen molar-refractivity contribution >= 4 is 5.78 Å². The van der Waals surface area contributed by atoms with Crippen molar-refractivity contribution in [2.45, 2.75) is 31.8 Å². The number of nitrogens with zero attached hydrogens (tertiary/aromatic N) is 1. The third-order valence-corrected chi connectivity index (χ3v) is 2.51. The zero-order chi connectivity index (χ0) is 10.1. The third kappa shape index (κ3) is 1.68. The largest absolute Gasteiger partial charge is 0.380 e. The fourth-order valence-corrected chi connectivity index (χ4v) is 1.58. The first kappa shape index (κ1) is 9.34. The predicted molar refractivity (Wildman–Crippen MR) is 51.9 cm³/mol. The van der Waals surface area contributed by atoms with Crippen molar-refractivity contribution < 1.29 is 9.90 Å². The number of carbonyl (C=O) groups is 1. The summed E-state index contributed by atoms with van der Waals surface area (Å²) in [7, 11) is 0. The second kappa shape index (κ2) is 3.50. The van der Waals surface area contributed by atoms with Gasteiger partial charge in [0.25, 0.3) is 0 Å². The number of Topliss-reactive ketones (excluding diaryl/α,β-unsaturated/α-hetero) is 1. The van der Waals surface area contributed by atoms with Crippen LogP contribution in [0, 0.1) is 0 Å². The molecular weight excluding hydrogens is 178 g/mol. The van der Waals surface area contributed by atoms with Gasteiger partial charge in [-0.05, 0) is 25.8 Å². The van der Waals surface area contributed by atoms with Crippen LogP contribution < -0.4 is 0 Å². The maximum Gasteiger partial charge on any atom is 0.162 e. The minimum Gasteiger partial charge on any atom is -0.380 e. The smallest absolute Gasteiger partial charge is 0.162 e. The van der Waals surface area contributed by atoms with Crippen LogP contribution in [0.25, 0.3) is 0 Å². The van der Waals surface area contributed by atoms with Gasteiger partial charge in [-0.3, -0.25) is 9.78 Å². The molecular formula is C11H13NO2. The molecule has 0 amide bonds. The van der Waals surface area contributed by atoms with Gasteiger partial charge in [-0.1, -0.05) is 6.07 Å². The van der Waals surface area contributed by atoms with Crippen molar-refractivity contribution in [1.29, 1.82) is 0 Å². The first-order valence-corrected chi connectivity index (χ1v) is 4.83. The summed E-state index contributed by atoms with van der Waals surface area (Å²) in [6.45, 7) is 1.40. The summed E-state index contributed by atoms with van der Waals surface area (Å²) < 4.78 is 0. The highest BCUT2D eigenvalue weighted by atomic mass is 16.3. The lowest BCUT2D eigenvalue weighted by Crippen LogP contribution is -2.10. The van der Waals surface area contributed by atoms with Crippen molar-refractivity contribution in [3.8, 4) is 0 Å². The Morgan fingerprint density at radius 2 is 2.36 bits per heavy atom. The molecule has 0 aromatic carbocycles. The number of hydrogen-bond donors (Lipinski definition) is 1. The lowest BCUT2D eigenvalue weighted by Gasteiger charge is -2.11. The van der Waals surface area contributed by atoms with Crippen molar-refractivity contribution in [3.63, 3.8) is 0 Å². The molecule has 1 fully saturated rings. The van der Waals surface area contributed by atoms with E-state index in [4.69, 9.17) is 0 Å². The van der Waals surface area contributed by atoms with Crippen molar-refractivity contribution in [2.24, 2.45) is 0 Å². The molecule has 0 aliphatic heterocycles. The van der Waals surface area contributed by atoms with E-state index < -0.39 is 6.10 Å². The highest BCUT2D eigenvalue weighted by Gasteiger charge is 2.30. The monoisotopic (exact) mass is 191 g/mol. The first-order chi connectivity index (χ1) is 6.70. The van der Waals surface area contributed by atoms with Crippen LogP contribution in [0.3, 0.4) is 0 Å². The van der Waals surface area contributed by atoms with E-state index in [0.717, 1.165) is 18.5 Å². The van der Waals surface area contributed by atoms with E-state index in [9.17, 15) is 9.90 Å². The number of ketones is 1. The summed E-state index contributed by atoms with van der Waals surface area (Å²) in [4.78, 5) is 15.3. The SMILES string of the molecule is CC(=O)C(O)c1cccnc1C1CC1. The summed E-state index contributed by atoms with van der Waals surface area (Å²) in [6.07, 6.45) is 2.95. The molecule has 74 valence electrons. The van der Waals surface area contributed by atoms with E-state index in [-0.39, 0.29) is 5.78 Å². The highest BCUT2D eigenvalue weighted by molar-refractivity contribution is 5.81. The number of carbonyl (C=O) groups excluding carboxylic acids is 1. The molecule has 0 saturated heterocycles. The van der Waals surface area contributed by atoms with Crippen molar-refractivity contribution in [2.75, 3.05) is 0 Å². The highest BCUT2D eigenvalue weighted by Crippen LogP contribution is 2.41. The lowest BCUT2D eigenvalue weighted by molar-refractivity contribution is -0.125. The Morgan fingerprint density at radius 1 is 1.64 bits per heavy atom. The number of rotatable bonds is 3. The predicted octanol–water partition coefficient (Wildman–Crippen LogP) is 1.58. The van der Waals surface area contributed by atoms with Crippen LogP contribution in [0.4, 0.5) is 0 Å². The van der Waals surface area contributed by atoms with E-state index in [1.54, 1.807) is 18.3 Å². The van der Waals surface area contributed by atoms with Gasteiger partial charge in [-0.25, -0.2) is 0 Å². The Hall–Kier alpha value is -1.22. The summed E-state index contributed by atoms with van der Waals surface area (Å²) >= 11 is 0. The van der Waals surface area contributed by atoms with Crippen LogP contribution in [0.1, 0.15) is 43.0 Å². The zero-order valence-corrected chi connectivity index (χ0v) is 8.10. The molecule has 14 heavy (non-hydrogen) atoms. The quantitative estimate of drug-likeness (QED) is 0.789. The van der Waals surface area contributed by atoms with Gasteiger partial charge in [0.05, 0.1) is 0 Å². The van der Waals surface area contributed by atoms with Gasteiger partial charge < -0.3 is 5.11 Å². The van der Waals surface area contributed by atoms with Gasteiger partial charge >= 0.3 is 0 Å². The molecule has 2 rings (SSSR count). The summed E-state index contributed by atoms with van der Waals surface area (Å²) in [5.41, 5.74) is 1.58. The minimum atomic E-state index is -1.00. The average Bonchev–Trinajstić information content (AvgIpc) is 3.00. The summed E-state index contributed by atoms with van der Waals surface area (Å²) in [5, 5.41) is 9.67. The van der Waals surface area contributed by atoms with Gasteiger partial charge in [0, 0.05) is 23.4 Å². The molecule has 1 atom stereocenters. The Morgan fingerprint density at radius 3 is 2.93 bits per heavy atom. The molecule has 0 spiro atoms. The molecule has 1 aromatic rings. The summed E-state index contributed by atoms with van der Waals surface area (Å²) in [5.74, 6) is 0.236. The van der Waals surface area contributed by atoms with Crippen LogP contribution in [0.2, 0.25) is 0 Å². The molecule has 0 radical (unpaired) electrons. The Bertz CT molecular complexity index is 358. The number of pyridine rings is 1. The van der Waals surface area contributed by atoms with E-state index in [1.165, 1.54) is 6.92 Å².